The molecule has 0 saturated carbocycles. The normalized spacial score (nSPS) is 19.4. The number of nitrogens with zero attached hydrogens (tertiary/aromatic N) is 3. The van der Waals surface area contributed by atoms with Crippen molar-refractivity contribution >= 4 is 29.1 Å². The molecule has 3 N–H and O–H groups in total. The fraction of sp³-hybridized carbons (Fsp3) is 0.467. The van der Waals surface area contributed by atoms with E-state index in [1.165, 1.54) is 45.2 Å². The van der Waals surface area contributed by atoms with E-state index in [-0.39, 0.29) is 11.3 Å². The first-order chi connectivity index (χ1) is 19.2. The van der Waals surface area contributed by atoms with Crippen molar-refractivity contribution in [3.63, 3.8) is 0 Å². The van der Waals surface area contributed by atoms with Gasteiger partial charge in [0.15, 0.2) is 5.82 Å². The number of hydrogen-bond acceptors (Lipinski definition) is 7. The third-order valence-corrected chi connectivity index (χ3v) is 7.55. The third kappa shape index (κ3) is 6.98. The molecule has 1 aromatic carbocycles. The van der Waals surface area contributed by atoms with Gasteiger partial charge in [-0.15, -0.1) is 0 Å². The summed E-state index contributed by atoms with van der Waals surface area (Å²) in [6.45, 7) is 9.10. The molecule has 212 valence electrons. The number of nitrogens with one attached hydrogen (secondary N) is 3. The summed E-state index contributed by atoms with van der Waals surface area (Å²) in [5.41, 5.74) is 1.23. The van der Waals surface area contributed by atoms with Gasteiger partial charge >= 0.3 is 6.03 Å². The van der Waals surface area contributed by atoms with Crippen LogP contribution in [0.3, 0.4) is 0 Å². The Morgan fingerprint density at radius 2 is 1.73 bits per heavy atom. The lowest BCUT2D eigenvalue weighted by molar-refractivity contribution is 0.0365. The zero-order chi connectivity index (χ0) is 28.1. The second-order valence-corrected chi connectivity index (χ2v) is 11.6. The summed E-state index contributed by atoms with van der Waals surface area (Å²) in [5.74, 6) is 1.91. The molecule has 0 aliphatic carbocycles. The van der Waals surface area contributed by atoms with Crippen molar-refractivity contribution in [3.8, 4) is 5.75 Å². The van der Waals surface area contributed by atoms with E-state index in [2.05, 4.69) is 31.0 Å². The topological polar surface area (TPSA) is 122 Å². The Hall–Kier alpha value is -3.92. The molecule has 0 radical (unpaired) electrons. The quantitative estimate of drug-likeness (QED) is 0.337. The van der Waals surface area contributed by atoms with Crippen LogP contribution in [0.15, 0.2) is 53.2 Å². The van der Waals surface area contributed by atoms with Gasteiger partial charge in [-0.2, -0.15) is 0 Å². The molecule has 2 aliphatic rings. The van der Waals surface area contributed by atoms with Crippen LogP contribution in [0.25, 0.3) is 0 Å². The molecule has 10 nitrogen and oxygen atoms in total. The van der Waals surface area contributed by atoms with Gasteiger partial charge in [0.25, 0.3) is 5.91 Å². The van der Waals surface area contributed by atoms with Crippen molar-refractivity contribution in [3.05, 3.63) is 60.1 Å². The Labute approximate surface area is 234 Å². The van der Waals surface area contributed by atoms with Gasteiger partial charge in [0, 0.05) is 34.8 Å². The number of pyridine rings is 1. The average molecular weight is 547 g/mol. The van der Waals surface area contributed by atoms with Gasteiger partial charge in [-0.3, -0.25) is 15.0 Å². The Bertz CT molecular complexity index is 1300. The molecule has 2 fully saturated rings. The van der Waals surface area contributed by atoms with Crippen LogP contribution in [0.5, 0.6) is 5.75 Å². The van der Waals surface area contributed by atoms with Crippen LogP contribution >= 0.6 is 0 Å². The second-order valence-electron chi connectivity index (χ2n) is 11.6. The first-order valence-electron chi connectivity index (χ1n) is 14.0. The predicted molar refractivity (Wildman–Crippen MR) is 154 cm³/mol. The van der Waals surface area contributed by atoms with Gasteiger partial charge in [-0.05, 0) is 75.2 Å². The summed E-state index contributed by atoms with van der Waals surface area (Å²) in [5, 5.41) is 12.1. The van der Waals surface area contributed by atoms with Gasteiger partial charge in [0.1, 0.15) is 17.2 Å². The number of benzene rings is 1. The molecule has 4 heterocycles. The summed E-state index contributed by atoms with van der Waals surface area (Å²) >= 11 is 0. The number of urea groups is 1. The van der Waals surface area contributed by atoms with Crippen LogP contribution in [-0.4, -0.2) is 52.7 Å². The monoisotopic (exact) mass is 546 g/mol. The largest absolute Gasteiger partial charge is 0.492 e. The van der Waals surface area contributed by atoms with Gasteiger partial charge in [-0.25, -0.2) is 9.78 Å². The van der Waals surface area contributed by atoms with Crippen molar-refractivity contribution in [2.45, 2.75) is 64.3 Å². The molecule has 3 amide bonds. The molecule has 0 bridgehead atoms. The number of aromatic nitrogens is 2. The molecule has 1 unspecified atom stereocenters. The number of hydrogen-bond donors (Lipinski definition) is 3. The molecule has 2 aromatic heterocycles. The van der Waals surface area contributed by atoms with Crippen LogP contribution in [0.4, 0.5) is 22.0 Å². The van der Waals surface area contributed by atoms with E-state index >= 15 is 0 Å². The minimum atomic E-state index is -0.448. The summed E-state index contributed by atoms with van der Waals surface area (Å²) in [4.78, 5) is 32.0. The zero-order valence-corrected chi connectivity index (χ0v) is 23.4. The molecular formula is C30H38N6O4. The molecule has 3 aromatic rings. The maximum atomic E-state index is 12.7. The predicted octanol–water partition coefficient (Wildman–Crippen LogP) is 5.91. The van der Waals surface area contributed by atoms with E-state index in [0.717, 1.165) is 0 Å². The maximum absolute atomic E-state index is 12.7. The number of carbonyl (C=O) groups is 2. The highest BCUT2D eigenvalue weighted by Crippen LogP contribution is 2.31. The fourth-order valence-electron chi connectivity index (χ4n) is 5.37. The summed E-state index contributed by atoms with van der Waals surface area (Å²) in [6, 6.07) is 12.2. The summed E-state index contributed by atoms with van der Waals surface area (Å²) < 4.78 is 11.4. The SMILES string of the molecule is CC(C)(C)c1cc(NC(=O)Nc2ccc(NC(=O)c3ccc(OC[C@H]4CCCN5CCCCC45)cn3)cc2)no1. The van der Waals surface area contributed by atoms with E-state index in [4.69, 9.17) is 9.26 Å². The van der Waals surface area contributed by atoms with Crippen molar-refractivity contribution < 1.29 is 18.8 Å². The highest BCUT2D eigenvalue weighted by Gasteiger charge is 2.33. The Morgan fingerprint density at radius 1 is 0.975 bits per heavy atom. The van der Waals surface area contributed by atoms with E-state index in [1.807, 2.05) is 20.8 Å². The molecule has 5 rings (SSSR count). The lowest BCUT2D eigenvalue weighted by Crippen LogP contribution is -2.49. The lowest BCUT2D eigenvalue weighted by atomic mass is 9.84. The lowest BCUT2D eigenvalue weighted by Gasteiger charge is -2.44. The number of piperidine rings is 2. The number of ether oxygens (including phenoxy) is 1. The van der Waals surface area contributed by atoms with Crippen LogP contribution in [0.1, 0.15) is 69.1 Å². The van der Waals surface area contributed by atoms with Crippen molar-refractivity contribution in [2.75, 3.05) is 35.6 Å². The zero-order valence-electron chi connectivity index (χ0n) is 23.4. The van der Waals surface area contributed by atoms with E-state index in [9.17, 15) is 9.59 Å². The molecule has 10 heteroatoms. The van der Waals surface area contributed by atoms with Gasteiger partial charge in [0.05, 0.1) is 12.8 Å². The molecule has 40 heavy (non-hydrogen) atoms. The number of rotatable bonds is 7. The highest BCUT2D eigenvalue weighted by atomic mass is 16.5. The first-order valence-corrected chi connectivity index (χ1v) is 14.0. The highest BCUT2D eigenvalue weighted by molar-refractivity contribution is 6.03. The molecule has 2 saturated heterocycles. The van der Waals surface area contributed by atoms with Crippen LogP contribution in [0, 0.1) is 5.92 Å². The maximum Gasteiger partial charge on any atom is 0.324 e. The Morgan fingerprint density at radius 3 is 2.42 bits per heavy atom. The van der Waals surface area contributed by atoms with Crippen molar-refractivity contribution in [1.29, 1.82) is 0 Å². The number of carbonyl (C=O) groups excluding carboxylic acids is 2. The fourth-order valence-corrected chi connectivity index (χ4v) is 5.37. The minimum Gasteiger partial charge on any atom is -0.492 e. The molecule has 2 atom stereocenters. The minimum absolute atomic E-state index is 0.207. The van der Waals surface area contributed by atoms with Crippen molar-refractivity contribution in [1.82, 2.24) is 15.0 Å². The summed E-state index contributed by atoms with van der Waals surface area (Å²) in [6.07, 6.45) is 7.92. The van der Waals surface area contributed by atoms with E-state index in [1.54, 1.807) is 48.7 Å². The van der Waals surface area contributed by atoms with Crippen molar-refractivity contribution in [2.24, 2.45) is 5.92 Å². The van der Waals surface area contributed by atoms with E-state index in [0.29, 0.717) is 53.0 Å². The first kappa shape index (κ1) is 27.6. The molecular weight excluding hydrogens is 508 g/mol. The van der Waals surface area contributed by atoms with Gasteiger partial charge in [-0.1, -0.05) is 32.3 Å². The smallest absolute Gasteiger partial charge is 0.324 e. The third-order valence-electron chi connectivity index (χ3n) is 7.55. The molecule has 2 aliphatic heterocycles. The van der Waals surface area contributed by atoms with Gasteiger partial charge < -0.3 is 19.9 Å². The van der Waals surface area contributed by atoms with Gasteiger partial charge in [0.2, 0.25) is 0 Å². The molecule has 0 spiro atoms. The van der Waals surface area contributed by atoms with E-state index < -0.39 is 6.03 Å². The Kier molecular flexibility index (Phi) is 8.35. The van der Waals surface area contributed by atoms with Crippen LogP contribution in [-0.2, 0) is 5.41 Å². The second kappa shape index (κ2) is 12.1. The number of anilines is 3. The standard InChI is InChI=1S/C30H38N6O4/c1-30(2,3)26-17-27(35-40-26)34-29(38)33-22-11-9-21(10-12-22)32-28(37)24-14-13-23(18-31-24)39-19-20-7-6-16-36-15-5-4-8-25(20)36/h9-14,17-18,20,25H,4-8,15-16,19H2,1-3H3,(H,32,37)(H2,33,34,35,38)/t20-,25?/m1/s1. The number of fused-ring (bicyclic) bond motifs is 1. The summed E-state index contributed by atoms with van der Waals surface area (Å²) in [7, 11) is 0. The number of amides is 3. The van der Waals surface area contributed by atoms with Crippen LogP contribution in [0.2, 0.25) is 0 Å². The average Bonchev–Trinajstić information content (AvgIpc) is 3.42. The Balaban J connectivity index is 1.08. The van der Waals surface area contributed by atoms with Crippen LogP contribution < -0.4 is 20.7 Å².